The molecule has 8 rings (SSSR count). The molecule has 2 saturated carbocycles. The number of piperidine rings is 1. The number of carbonyl (C=O) groups is 5. The minimum atomic E-state index is -1.36. The van der Waals surface area contributed by atoms with Gasteiger partial charge in [0.15, 0.2) is 0 Å². The molecular formula is C40H37Cl2N9O5. The summed E-state index contributed by atoms with van der Waals surface area (Å²) in [5, 5.41) is 16.0. The highest BCUT2D eigenvalue weighted by Gasteiger charge is 2.57. The average molecular weight is 795 g/mol. The molecule has 56 heavy (non-hydrogen) atoms. The van der Waals surface area contributed by atoms with Crippen molar-refractivity contribution in [3.63, 3.8) is 0 Å². The minimum Gasteiger partial charge on any atom is -0.369 e. The number of primary amides is 1. The van der Waals surface area contributed by atoms with Gasteiger partial charge in [-0.25, -0.2) is 14.9 Å². The minimum absolute atomic E-state index is 0.0769. The molecule has 1 atom stereocenters. The maximum absolute atomic E-state index is 14.5. The second kappa shape index (κ2) is 13.8. The first-order valence-electron chi connectivity index (χ1n) is 18.4. The summed E-state index contributed by atoms with van der Waals surface area (Å²) in [5.74, 6) is -2.02. The Kier molecular flexibility index (Phi) is 9.13. The van der Waals surface area contributed by atoms with Crippen LogP contribution in [0.2, 0.25) is 10.0 Å². The zero-order valence-corrected chi connectivity index (χ0v) is 31.9. The van der Waals surface area contributed by atoms with Gasteiger partial charge in [0.1, 0.15) is 22.5 Å². The largest absolute Gasteiger partial charge is 0.369 e. The molecule has 0 bridgehead atoms. The Morgan fingerprint density at radius 1 is 0.964 bits per heavy atom. The van der Waals surface area contributed by atoms with Gasteiger partial charge in [-0.05, 0) is 93.5 Å². The average Bonchev–Trinajstić information content (AvgIpc) is 4.09. The number of nitriles is 1. The summed E-state index contributed by atoms with van der Waals surface area (Å²) in [7, 11) is 0. The van der Waals surface area contributed by atoms with E-state index in [4.69, 9.17) is 28.9 Å². The van der Waals surface area contributed by atoms with Gasteiger partial charge in [-0.1, -0.05) is 41.4 Å². The van der Waals surface area contributed by atoms with Crippen molar-refractivity contribution in [1.82, 2.24) is 30.1 Å². The van der Waals surface area contributed by atoms with Crippen molar-refractivity contribution in [1.29, 1.82) is 5.26 Å². The SMILES string of the molecule is C[C@@]1(Cc2ccc(C#N)cc2)C(=O)N(c2cc(Cl)cc(Cl)c2)c2ncc(C(=O)NC3(C(=O)NC4(c5cccc(C(=O)N6CCC(C(N)=O)CC6)n5)CC4)CC3)n21. The number of benzene rings is 2. The summed E-state index contributed by atoms with van der Waals surface area (Å²) < 4.78 is 1.58. The van der Waals surface area contributed by atoms with Crippen LogP contribution in [0.3, 0.4) is 0 Å². The Labute approximate surface area is 332 Å². The van der Waals surface area contributed by atoms with E-state index in [0.717, 1.165) is 5.56 Å². The number of aromatic nitrogens is 3. The van der Waals surface area contributed by atoms with Gasteiger partial charge >= 0.3 is 0 Å². The molecule has 1 saturated heterocycles. The van der Waals surface area contributed by atoms with Crippen LogP contribution in [-0.2, 0) is 31.9 Å². The molecule has 4 N–H and O–H groups in total. The number of imidazole rings is 1. The van der Waals surface area contributed by atoms with Gasteiger partial charge in [0.05, 0.1) is 34.7 Å². The number of carbonyl (C=O) groups excluding carboxylic acids is 5. The lowest BCUT2D eigenvalue weighted by Gasteiger charge is -2.30. The summed E-state index contributed by atoms with van der Waals surface area (Å²) >= 11 is 12.7. The fourth-order valence-corrected chi connectivity index (χ4v) is 8.31. The molecule has 14 nitrogen and oxygen atoms in total. The van der Waals surface area contributed by atoms with E-state index in [9.17, 15) is 29.2 Å². The third-order valence-corrected chi connectivity index (χ3v) is 11.8. The van der Waals surface area contributed by atoms with Crippen molar-refractivity contribution in [3.8, 4) is 6.07 Å². The Morgan fingerprint density at radius 2 is 1.64 bits per heavy atom. The topological polar surface area (TPSA) is 196 Å². The van der Waals surface area contributed by atoms with E-state index >= 15 is 0 Å². The number of likely N-dealkylation sites (tertiary alicyclic amines) is 1. The van der Waals surface area contributed by atoms with Crippen LogP contribution in [0, 0.1) is 17.2 Å². The third-order valence-electron chi connectivity index (χ3n) is 11.4. The van der Waals surface area contributed by atoms with Gasteiger partial charge in [-0.3, -0.25) is 28.5 Å². The second-order valence-electron chi connectivity index (χ2n) is 15.3. The fourth-order valence-electron chi connectivity index (χ4n) is 7.80. The Balaban J connectivity index is 1.03. The molecule has 2 aromatic carbocycles. The number of hydrogen-bond acceptors (Lipinski definition) is 8. The Hall–Kier alpha value is -5.78. The van der Waals surface area contributed by atoms with E-state index in [1.165, 1.54) is 11.1 Å². The molecule has 0 unspecified atom stereocenters. The zero-order valence-electron chi connectivity index (χ0n) is 30.3. The molecular weight excluding hydrogens is 757 g/mol. The van der Waals surface area contributed by atoms with Crippen molar-refractivity contribution in [2.75, 3.05) is 18.0 Å². The number of nitrogens with two attached hydrogens (primary N) is 1. The predicted molar refractivity (Wildman–Crippen MR) is 205 cm³/mol. The number of rotatable bonds is 10. The fraction of sp³-hybridized carbons (Fsp3) is 0.350. The van der Waals surface area contributed by atoms with Crippen LogP contribution < -0.4 is 21.3 Å². The molecule has 5 amide bonds. The number of halogens is 2. The monoisotopic (exact) mass is 793 g/mol. The smallest absolute Gasteiger partial charge is 0.272 e. The summed E-state index contributed by atoms with van der Waals surface area (Å²) in [4.78, 5) is 79.9. The standard InChI is InChI=1S/C40H37Cl2N9O5/c1-38(20-23-5-7-24(21-43)8-6-23)36(56)50(28-18-26(41)17-27(42)19-28)37-45-22-30(51(37)38)33(53)47-40(13-14-40)35(55)48-39(11-12-39)31-4-2-3-29(46-31)34(54)49-15-9-25(10-16-49)32(44)52/h2-8,17-19,22,25H,9-16,20H2,1H3,(H2,44,52)(H,47,53)(H,48,55)/t38-/m1/s1. The first-order chi connectivity index (χ1) is 26.8. The molecule has 286 valence electrons. The van der Waals surface area contributed by atoms with Crippen molar-refractivity contribution >= 4 is 64.4 Å². The number of anilines is 2. The Morgan fingerprint density at radius 3 is 2.25 bits per heavy atom. The van der Waals surface area contributed by atoms with Gasteiger partial charge in [0.2, 0.25) is 17.8 Å². The number of nitrogens with zero attached hydrogens (tertiary/aromatic N) is 6. The van der Waals surface area contributed by atoms with Gasteiger partial charge in [-0.15, -0.1) is 0 Å². The summed E-state index contributed by atoms with van der Waals surface area (Å²) in [6.07, 6.45) is 4.52. The second-order valence-corrected chi connectivity index (χ2v) is 16.1. The first-order valence-corrected chi connectivity index (χ1v) is 19.1. The summed E-state index contributed by atoms with van der Waals surface area (Å²) in [5.41, 5.74) is 4.56. The van der Waals surface area contributed by atoms with Crippen LogP contribution in [0.15, 0.2) is 66.9 Å². The molecule has 2 aromatic heterocycles. The molecule has 2 aliphatic carbocycles. The lowest BCUT2D eigenvalue weighted by Crippen LogP contribution is -2.52. The van der Waals surface area contributed by atoms with E-state index in [1.807, 2.05) is 0 Å². The van der Waals surface area contributed by atoms with Crippen LogP contribution in [-0.4, -0.2) is 67.6 Å². The molecule has 3 fully saturated rings. The molecule has 4 aliphatic rings. The van der Waals surface area contributed by atoms with Crippen molar-refractivity contribution in [2.45, 2.75) is 68.5 Å². The van der Waals surface area contributed by atoms with Crippen LogP contribution >= 0.6 is 23.2 Å². The van der Waals surface area contributed by atoms with Crippen molar-refractivity contribution in [3.05, 3.63) is 105 Å². The van der Waals surface area contributed by atoms with Crippen LogP contribution in [0.1, 0.15) is 83.2 Å². The molecule has 0 radical (unpaired) electrons. The normalized spacial score (nSPS) is 20.5. The van der Waals surface area contributed by atoms with Crippen LogP contribution in [0.25, 0.3) is 0 Å². The van der Waals surface area contributed by atoms with Gasteiger partial charge in [0.25, 0.3) is 17.7 Å². The van der Waals surface area contributed by atoms with Gasteiger partial charge in [0, 0.05) is 35.5 Å². The molecule has 4 aromatic rings. The zero-order chi connectivity index (χ0) is 39.6. The number of pyridine rings is 1. The Bertz CT molecular complexity index is 2340. The first kappa shape index (κ1) is 37.2. The van der Waals surface area contributed by atoms with Crippen LogP contribution in [0.4, 0.5) is 11.6 Å². The highest BCUT2D eigenvalue weighted by Crippen LogP contribution is 2.48. The highest BCUT2D eigenvalue weighted by molar-refractivity contribution is 6.35. The van der Waals surface area contributed by atoms with E-state index in [1.54, 1.807) is 77.1 Å². The maximum atomic E-state index is 14.5. The van der Waals surface area contributed by atoms with E-state index in [2.05, 4.69) is 26.7 Å². The summed E-state index contributed by atoms with van der Waals surface area (Å²) in [6, 6.07) is 18.8. The van der Waals surface area contributed by atoms with E-state index < -0.39 is 22.5 Å². The van der Waals surface area contributed by atoms with Crippen molar-refractivity contribution in [2.24, 2.45) is 11.7 Å². The van der Waals surface area contributed by atoms with Gasteiger partial charge < -0.3 is 21.3 Å². The quantitative estimate of drug-likeness (QED) is 0.209. The van der Waals surface area contributed by atoms with Crippen LogP contribution in [0.5, 0.6) is 0 Å². The number of hydrogen-bond donors (Lipinski definition) is 3. The molecule has 0 spiro atoms. The number of fused-ring (bicyclic) bond motifs is 1. The van der Waals surface area contributed by atoms with Gasteiger partial charge in [-0.2, -0.15) is 5.26 Å². The highest BCUT2D eigenvalue weighted by atomic mass is 35.5. The predicted octanol–water partition coefficient (Wildman–Crippen LogP) is 4.50. The maximum Gasteiger partial charge on any atom is 0.272 e. The molecule has 16 heteroatoms. The summed E-state index contributed by atoms with van der Waals surface area (Å²) in [6.45, 7) is 2.52. The number of nitrogens with one attached hydrogen (secondary N) is 2. The lowest BCUT2D eigenvalue weighted by atomic mass is 9.91. The third kappa shape index (κ3) is 6.54. The van der Waals surface area contributed by atoms with E-state index in [0.29, 0.717) is 78.6 Å². The molecule has 2 aliphatic heterocycles. The molecule has 4 heterocycles. The van der Waals surface area contributed by atoms with Crippen molar-refractivity contribution < 1.29 is 24.0 Å². The lowest BCUT2D eigenvalue weighted by molar-refractivity contribution is -0.125. The van der Waals surface area contributed by atoms with E-state index in [-0.39, 0.29) is 53.3 Å². The number of amides is 5.